The minimum absolute atomic E-state index is 0.469. The minimum atomic E-state index is 0.469. The van der Waals surface area contributed by atoms with Crippen molar-refractivity contribution in [1.82, 2.24) is 30.0 Å². The highest BCUT2D eigenvalue weighted by molar-refractivity contribution is 5.74. The second-order valence-electron chi connectivity index (χ2n) is 6.81. The maximum absolute atomic E-state index is 4.74. The molecular weight excluding hydrogens is 328 g/mol. The zero-order valence-corrected chi connectivity index (χ0v) is 15.2. The van der Waals surface area contributed by atoms with Crippen LogP contribution in [0.2, 0.25) is 0 Å². The summed E-state index contributed by atoms with van der Waals surface area (Å²) in [6.45, 7) is 5.34. The Morgan fingerprint density at radius 1 is 1.15 bits per heavy atom. The van der Waals surface area contributed by atoms with Crippen molar-refractivity contribution in [2.24, 2.45) is 5.92 Å². The second kappa shape index (κ2) is 7.23. The zero-order valence-electron chi connectivity index (χ0n) is 15.2. The van der Waals surface area contributed by atoms with Crippen LogP contribution in [0.3, 0.4) is 0 Å². The molecule has 0 spiro atoms. The summed E-state index contributed by atoms with van der Waals surface area (Å²) in [7, 11) is 0. The van der Waals surface area contributed by atoms with Gasteiger partial charge in [0.1, 0.15) is 5.82 Å². The molecule has 0 saturated heterocycles. The number of hydrogen-bond acceptors (Lipinski definition) is 7. The summed E-state index contributed by atoms with van der Waals surface area (Å²) in [6, 6.07) is 5.69. The van der Waals surface area contributed by atoms with Crippen LogP contribution >= 0.6 is 0 Å². The van der Waals surface area contributed by atoms with E-state index in [1.807, 2.05) is 22.7 Å². The average Bonchev–Trinajstić information content (AvgIpc) is 3.43. The predicted octanol–water partition coefficient (Wildman–Crippen LogP) is 3.38. The first-order chi connectivity index (χ1) is 12.8. The molecule has 136 valence electrons. The van der Waals surface area contributed by atoms with Crippen LogP contribution in [0.4, 0.5) is 17.3 Å². The molecule has 2 N–H and O–H groups in total. The lowest BCUT2D eigenvalue weighted by Gasteiger charge is -2.15. The number of nitrogens with one attached hydrogen (secondary N) is 2. The monoisotopic (exact) mass is 352 g/mol. The molecular formula is C18H24N8. The van der Waals surface area contributed by atoms with Gasteiger partial charge in [0.05, 0.1) is 5.69 Å². The first kappa shape index (κ1) is 16.7. The molecule has 0 radical (unpaired) electrons. The summed E-state index contributed by atoms with van der Waals surface area (Å²) in [5, 5.41) is 28.3. The van der Waals surface area contributed by atoms with Gasteiger partial charge in [-0.2, -0.15) is 9.61 Å². The summed E-state index contributed by atoms with van der Waals surface area (Å²) in [5.74, 6) is 3.53. The highest BCUT2D eigenvalue weighted by atomic mass is 15.4. The molecule has 26 heavy (non-hydrogen) atoms. The first-order valence-electron chi connectivity index (χ1n) is 9.33. The Bertz CT molecular complexity index is 868. The van der Waals surface area contributed by atoms with E-state index in [4.69, 9.17) is 5.10 Å². The molecule has 3 aromatic heterocycles. The summed E-state index contributed by atoms with van der Waals surface area (Å²) < 4.78 is 1.87. The highest BCUT2D eigenvalue weighted by Gasteiger charge is 2.30. The lowest BCUT2D eigenvalue weighted by molar-refractivity contribution is 0.518. The van der Waals surface area contributed by atoms with Crippen LogP contribution < -0.4 is 10.6 Å². The van der Waals surface area contributed by atoms with Gasteiger partial charge in [0.15, 0.2) is 11.6 Å². The van der Waals surface area contributed by atoms with E-state index < -0.39 is 0 Å². The lowest BCUT2D eigenvalue weighted by atomic mass is 10.0. The number of fused-ring (bicyclic) bond motifs is 1. The van der Waals surface area contributed by atoms with Crippen LogP contribution in [-0.2, 0) is 0 Å². The molecule has 0 aromatic carbocycles. The van der Waals surface area contributed by atoms with Gasteiger partial charge in [-0.15, -0.1) is 20.4 Å². The van der Waals surface area contributed by atoms with E-state index in [1.165, 1.54) is 0 Å². The van der Waals surface area contributed by atoms with Crippen LogP contribution in [0.15, 0.2) is 24.4 Å². The molecule has 1 saturated carbocycles. The van der Waals surface area contributed by atoms with Crippen molar-refractivity contribution in [1.29, 1.82) is 0 Å². The van der Waals surface area contributed by atoms with Crippen LogP contribution in [0, 0.1) is 5.92 Å². The van der Waals surface area contributed by atoms with Crippen LogP contribution in [-0.4, -0.2) is 36.6 Å². The van der Waals surface area contributed by atoms with E-state index in [0.29, 0.717) is 23.3 Å². The van der Waals surface area contributed by atoms with E-state index in [0.717, 1.165) is 49.6 Å². The van der Waals surface area contributed by atoms with Crippen molar-refractivity contribution >= 4 is 23.0 Å². The fourth-order valence-electron chi connectivity index (χ4n) is 3.00. The summed E-state index contributed by atoms with van der Waals surface area (Å²) >= 11 is 0. The average molecular weight is 352 g/mol. The number of nitrogens with zero attached hydrogens (tertiary/aromatic N) is 6. The van der Waals surface area contributed by atoms with E-state index in [9.17, 15) is 0 Å². The molecule has 1 fully saturated rings. The topological polar surface area (TPSA) is 92.9 Å². The van der Waals surface area contributed by atoms with Gasteiger partial charge in [-0.05, 0) is 30.9 Å². The predicted molar refractivity (Wildman–Crippen MR) is 101 cm³/mol. The fourth-order valence-corrected chi connectivity index (χ4v) is 3.00. The Balaban J connectivity index is 1.68. The number of aromatic nitrogens is 6. The molecule has 0 aliphatic heterocycles. The SMILES string of the molecule is CCC(CC)CNc1cc(Nc2cccnn2)c2nnc(C3CC3)n2n1. The van der Waals surface area contributed by atoms with Gasteiger partial charge in [-0.25, -0.2) is 0 Å². The molecule has 4 rings (SSSR count). The van der Waals surface area contributed by atoms with Gasteiger partial charge >= 0.3 is 0 Å². The van der Waals surface area contributed by atoms with Crippen molar-refractivity contribution in [3.05, 3.63) is 30.2 Å². The van der Waals surface area contributed by atoms with Crippen molar-refractivity contribution in [3.8, 4) is 0 Å². The molecule has 1 aliphatic carbocycles. The molecule has 8 nitrogen and oxygen atoms in total. The van der Waals surface area contributed by atoms with E-state index in [-0.39, 0.29) is 0 Å². The maximum Gasteiger partial charge on any atom is 0.201 e. The third-order valence-corrected chi connectivity index (χ3v) is 4.90. The molecule has 0 atom stereocenters. The molecule has 1 aliphatic rings. The van der Waals surface area contributed by atoms with Gasteiger partial charge < -0.3 is 10.6 Å². The van der Waals surface area contributed by atoms with Gasteiger partial charge in [0, 0.05) is 24.7 Å². The normalized spacial score (nSPS) is 14.1. The van der Waals surface area contributed by atoms with Gasteiger partial charge in [0.2, 0.25) is 5.65 Å². The van der Waals surface area contributed by atoms with Crippen LogP contribution in [0.5, 0.6) is 0 Å². The smallest absolute Gasteiger partial charge is 0.201 e. The highest BCUT2D eigenvalue weighted by Crippen LogP contribution is 2.39. The summed E-state index contributed by atoms with van der Waals surface area (Å²) in [6.07, 6.45) is 6.26. The Morgan fingerprint density at radius 3 is 2.69 bits per heavy atom. The Labute approximate surface area is 152 Å². The summed E-state index contributed by atoms with van der Waals surface area (Å²) in [5.41, 5.74) is 1.54. The van der Waals surface area contributed by atoms with Crippen molar-refractivity contribution < 1.29 is 0 Å². The third-order valence-electron chi connectivity index (χ3n) is 4.90. The van der Waals surface area contributed by atoms with Gasteiger partial charge in [-0.1, -0.05) is 26.7 Å². The molecule has 3 aromatic rings. The fraction of sp³-hybridized carbons (Fsp3) is 0.500. The number of anilines is 3. The quantitative estimate of drug-likeness (QED) is 0.642. The van der Waals surface area contributed by atoms with Crippen molar-refractivity contribution in [2.45, 2.75) is 45.4 Å². The van der Waals surface area contributed by atoms with Crippen molar-refractivity contribution in [3.63, 3.8) is 0 Å². The third kappa shape index (κ3) is 3.44. The zero-order chi connectivity index (χ0) is 17.9. The Hall–Kier alpha value is -2.77. The van der Waals surface area contributed by atoms with E-state index in [2.05, 4.69) is 44.9 Å². The van der Waals surface area contributed by atoms with Gasteiger partial charge in [0.25, 0.3) is 0 Å². The largest absolute Gasteiger partial charge is 0.368 e. The first-order valence-corrected chi connectivity index (χ1v) is 9.33. The molecule has 0 unspecified atom stereocenters. The van der Waals surface area contributed by atoms with E-state index >= 15 is 0 Å². The lowest BCUT2D eigenvalue weighted by Crippen LogP contribution is -2.15. The Morgan fingerprint density at radius 2 is 2.00 bits per heavy atom. The molecule has 0 bridgehead atoms. The number of rotatable bonds is 8. The minimum Gasteiger partial charge on any atom is -0.368 e. The van der Waals surface area contributed by atoms with Crippen LogP contribution in [0.1, 0.15) is 51.3 Å². The standard InChI is InChI=1S/C18H24N8/c1-3-12(4-2)11-19-16-10-14(21-15-6-5-9-20-22-15)18-24-23-17(13-7-8-13)26(18)25-16/h5-6,9-10,12-13H,3-4,7-8,11H2,1-2H3,(H,19,25)(H,21,22). The maximum atomic E-state index is 4.74. The summed E-state index contributed by atoms with van der Waals surface area (Å²) in [4.78, 5) is 0. The Kier molecular flexibility index (Phi) is 4.64. The van der Waals surface area contributed by atoms with Crippen molar-refractivity contribution in [2.75, 3.05) is 17.2 Å². The van der Waals surface area contributed by atoms with E-state index in [1.54, 1.807) is 6.20 Å². The second-order valence-corrected chi connectivity index (χ2v) is 6.81. The molecule has 0 amide bonds. The number of hydrogen-bond donors (Lipinski definition) is 2. The molecule has 3 heterocycles. The molecule has 8 heteroatoms. The van der Waals surface area contributed by atoms with Gasteiger partial charge in [-0.3, -0.25) is 0 Å². The van der Waals surface area contributed by atoms with Crippen LogP contribution in [0.25, 0.3) is 5.65 Å².